The molecule has 3 N–H and O–H groups in total. The molecule has 9 nitrogen and oxygen atoms in total. The van der Waals surface area contributed by atoms with Crippen molar-refractivity contribution in [3.8, 4) is 0 Å². The molecule has 0 aliphatic carbocycles. The number of nitrogens with zero attached hydrogens (tertiary/aromatic N) is 1. The molecular weight excluding hydrogens is 410 g/mol. The number of non-ortho nitro benzene ring substituents is 1. The number of halogens is 1. The number of nitro benzene ring substituents is 1. The molecule has 0 fully saturated rings. The predicted molar refractivity (Wildman–Crippen MR) is 103 cm³/mol. The van der Waals surface area contributed by atoms with E-state index in [1.807, 2.05) is 0 Å². The zero-order chi connectivity index (χ0) is 20.7. The molecule has 0 unspecified atom stereocenters. The maximum absolute atomic E-state index is 12.2. The number of hydrogen-bond donors (Lipinski definition) is 2. The van der Waals surface area contributed by atoms with Gasteiger partial charge < -0.3 is 15.8 Å². The van der Waals surface area contributed by atoms with Gasteiger partial charge in [0.05, 0.1) is 26.9 Å². The second-order valence-electron chi connectivity index (χ2n) is 5.30. The summed E-state index contributed by atoms with van der Waals surface area (Å²) in [4.78, 5) is 45.7. The van der Waals surface area contributed by atoms with Crippen molar-refractivity contribution in [2.24, 2.45) is 5.73 Å². The number of nitro groups is 1. The maximum atomic E-state index is 12.2. The molecule has 0 radical (unpaired) electrons. The number of esters is 1. The minimum Gasteiger partial charge on any atom is -0.452 e. The van der Waals surface area contributed by atoms with Gasteiger partial charge in [0.1, 0.15) is 0 Å². The average molecular weight is 424 g/mol. The van der Waals surface area contributed by atoms with Crippen molar-refractivity contribution < 1.29 is 24.0 Å². The molecular formula is C17H14ClN3O6S. The number of amides is 2. The van der Waals surface area contributed by atoms with Crippen LogP contribution in [0.25, 0.3) is 0 Å². The molecule has 0 aromatic heterocycles. The van der Waals surface area contributed by atoms with E-state index in [0.29, 0.717) is 4.90 Å². The van der Waals surface area contributed by atoms with E-state index >= 15 is 0 Å². The van der Waals surface area contributed by atoms with Crippen LogP contribution < -0.4 is 11.1 Å². The lowest BCUT2D eigenvalue weighted by atomic mass is 10.2. The molecule has 0 saturated heterocycles. The van der Waals surface area contributed by atoms with E-state index in [1.54, 1.807) is 18.2 Å². The van der Waals surface area contributed by atoms with Gasteiger partial charge in [-0.3, -0.25) is 19.7 Å². The van der Waals surface area contributed by atoms with Gasteiger partial charge in [-0.05, 0) is 18.2 Å². The van der Waals surface area contributed by atoms with Crippen molar-refractivity contribution in [3.63, 3.8) is 0 Å². The van der Waals surface area contributed by atoms with Crippen LogP contribution in [-0.4, -0.2) is 35.1 Å². The van der Waals surface area contributed by atoms with Crippen LogP contribution in [0.1, 0.15) is 10.4 Å². The highest BCUT2D eigenvalue weighted by molar-refractivity contribution is 8.00. The molecule has 0 aliphatic heterocycles. The highest BCUT2D eigenvalue weighted by atomic mass is 35.5. The Bertz CT molecular complexity index is 937. The Labute approximate surface area is 168 Å². The number of carbonyl (C=O) groups is 3. The number of anilines is 1. The normalized spacial score (nSPS) is 10.2. The molecule has 2 aromatic carbocycles. The van der Waals surface area contributed by atoms with Crippen LogP contribution >= 0.6 is 23.4 Å². The number of nitrogens with two attached hydrogens (primary N) is 1. The van der Waals surface area contributed by atoms with Crippen molar-refractivity contribution >= 4 is 52.5 Å². The van der Waals surface area contributed by atoms with E-state index in [-0.39, 0.29) is 27.7 Å². The Morgan fingerprint density at radius 1 is 1.21 bits per heavy atom. The minimum absolute atomic E-state index is 0.0105. The van der Waals surface area contributed by atoms with Gasteiger partial charge in [0.2, 0.25) is 5.91 Å². The van der Waals surface area contributed by atoms with E-state index < -0.39 is 29.3 Å². The summed E-state index contributed by atoms with van der Waals surface area (Å²) >= 11 is 6.97. The lowest BCUT2D eigenvalue weighted by Gasteiger charge is -2.10. The molecule has 2 aromatic rings. The van der Waals surface area contributed by atoms with E-state index in [4.69, 9.17) is 22.1 Å². The molecule has 0 heterocycles. The summed E-state index contributed by atoms with van der Waals surface area (Å²) in [5.74, 6) is -1.97. The number of hydrogen-bond acceptors (Lipinski definition) is 7. The number of ether oxygens (including phenoxy) is 1. The molecule has 28 heavy (non-hydrogen) atoms. The molecule has 0 spiro atoms. The Kier molecular flexibility index (Phi) is 7.36. The summed E-state index contributed by atoms with van der Waals surface area (Å²) in [5.41, 5.74) is 5.21. The number of thioether (sulfide) groups is 1. The Balaban J connectivity index is 1.97. The molecule has 11 heteroatoms. The molecule has 0 bridgehead atoms. The number of carbonyl (C=O) groups excluding carboxylic acids is 3. The summed E-state index contributed by atoms with van der Waals surface area (Å²) in [5, 5.41) is 13.1. The monoisotopic (exact) mass is 423 g/mol. The second kappa shape index (κ2) is 9.72. The van der Waals surface area contributed by atoms with Crippen LogP contribution in [-0.2, 0) is 14.3 Å². The molecule has 0 saturated carbocycles. The van der Waals surface area contributed by atoms with Crippen molar-refractivity contribution in [1.29, 1.82) is 0 Å². The van der Waals surface area contributed by atoms with E-state index in [0.717, 1.165) is 17.8 Å². The minimum atomic E-state index is -0.752. The quantitative estimate of drug-likeness (QED) is 0.287. The topological polar surface area (TPSA) is 142 Å². The lowest BCUT2D eigenvalue weighted by molar-refractivity contribution is -0.384. The van der Waals surface area contributed by atoms with Crippen molar-refractivity contribution in [2.75, 3.05) is 17.7 Å². The fourth-order valence-corrected chi connectivity index (χ4v) is 3.03. The summed E-state index contributed by atoms with van der Waals surface area (Å²) in [6.07, 6.45) is 0. The molecule has 2 amide bonds. The molecule has 146 valence electrons. The summed E-state index contributed by atoms with van der Waals surface area (Å²) in [6, 6.07) is 9.97. The largest absolute Gasteiger partial charge is 0.452 e. The first-order valence-electron chi connectivity index (χ1n) is 7.69. The molecule has 2 rings (SSSR count). The summed E-state index contributed by atoms with van der Waals surface area (Å²) < 4.78 is 4.98. The smallest absolute Gasteiger partial charge is 0.339 e. The fraction of sp³-hybridized carbons (Fsp3) is 0.118. The number of primary amides is 1. The first-order chi connectivity index (χ1) is 13.3. The van der Waals surface area contributed by atoms with Crippen molar-refractivity contribution in [2.45, 2.75) is 4.90 Å². The average Bonchev–Trinajstić information content (AvgIpc) is 2.66. The van der Waals surface area contributed by atoms with Crippen molar-refractivity contribution in [3.05, 3.63) is 63.2 Å². The second-order valence-corrected chi connectivity index (χ2v) is 6.72. The van der Waals surface area contributed by atoms with Gasteiger partial charge in [-0.25, -0.2) is 4.79 Å². The Morgan fingerprint density at radius 2 is 1.93 bits per heavy atom. The van der Waals surface area contributed by atoms with E-state index in [2.05, 4.69) is 5.32 Å². The van der Waals surface area contributed by atoms with E-state index in [9.17, 15) is 24.5 Å². The number of rotatable bonds is 8. The Hall–Kier alpha value is -3.11. The highest BCUT2D eigenvalue weighted by Gasteiger charge is 2.16. The van der Waals surface area contributed by atoms with Gasteiger partial charge in [0.25, 0.3) is 11.6 Å². The molecule has 0 aliphatic rings. The van der Waals surface area contributed by atoms with Crippen LogP contribution in [0.4, 0.5) is 11.4 Å². The third kappa shape index (κ3) is 5.96. The molecule has 0 atom stereocenters. The number of benzene rings is 2. The van der Waals surface area contributed by atoms with Crippen LogP contribution in [0.5, 0.6) is 0 Å². The van der Waals surface area contributed by atoms with Gasteiger partial charge in [0, 0.05) is 17.0 Å². The van der Waals surface area contributed by atoms with Crippen LogP contribution in [0, 0.1) is 10.1 Å². The zero-order valence-electron chi connectivity index (χ0n) is 14.2. The SMILES string of the molecule is NC(=O)CSc1ccccc1C(=O)OCC(=O)Nc1ccc([N+](=O)[O-])cc1Cl. The summed E-state index contributed by atoms with van der Waals surface area (Å²) in [6.45, 7) is -0.596. The van der Waals surface area contributed by atoms with Crippen molar-refractivity contribution in [1.82, 2.24) is 0 Å². The standard InChI is InChI=1S/C17H14ClN3O6S/c18-12-7-10(21(25)26)5-6-13(12)20-16(23)8-27-17(24)11-3-1-2-4-14(11)28-9-15(19)22/h1-7H,8-9H2,(H2,19,22)(H,20,23). The van der Waals surface area contributed by atoms with Gasteiger partial charge in [-0.2, -0.15) is 0 Å². The highest BCUT2D eigenvalue weighted by Crippen LogP contribution is 2.26. The Morgan fingerprint density at radius 3 is 2.57 bits per heavy atom. The van der Waals surface area contributed by atoms with Gasteiger partial charge >= 0.3 is 5.97 Å². The van der Waals surface area contributed by atoms with Crippen LogP contribution in [0.15, 0.2) is 47.4 Å². The fourth-order valence-electron chi connectivity index (χ4n) is 2.02. The lowest BCUT2D eigenvalue weighted by Crippen LogP contribution is -2.21. The summed E-state index contributed by atoms with van der Waals surface area (Å²) in [7, 11) is 0. The third-order valence-electron chi connectivity index (χ3n) is 3.25. The maximum Gasteiger partial charge on any atom is 0.339 e. The predicted octanol–water partition coefficient (Wildman–Crippen LogP) is 2.62. The zero-order valence-corrected chi connectivity index (χ0v) is 15.8. The van der Waals surface area contributed by atoms with Gasteiger partial charge in [-0.15, -0.1) is 11.8 Å². The first-order valence-corrected chi connectivity index (χ1v) is 9.05. The van der Waals surface area contributed by atoms with Crippen LogP contribution in [0.3, 0.4) is 0 Å². The first kappa shape index (κ1) is 21.2. The van der Waals surface area contributed by atoms with Gasteiger partial charge in [-0.1, -0.05) is 23.7 Å². The van der Waals surface area contributed by atoms with Crippen LogP contribution in [0.2, 0.25) is 5.02 Å². The number of nitrogens with one attached hydrogen (secondary N) is 1. The third-order valence-corrected chi connectivity index (χ3v) is 4.66. The van der Waals surface area contributed by atoms with Gasteiger partial charge in [0.15, 0.2) is 6.61 Å². The van der Waals surface area contributed by atoms with E-state index in [1.165, 1.54) is 18.2 Å².